The highest BCUT2D eigenvalue weighted by Gasteiger charge is 2.00. The molecule has 4 N–H and O–H groups in total. The largest absolute Gasteiger partial charge is 0.394 e. The molecule has 0 bridgehead atoms. The molecule has 5 nitrogen and oxygen atoms in total. The smallest absolute Gasteiger partial charge is 0.0779 e. The van der Waals surface area contributed by atoms with E-state index in [1.807, 2.05) is 6.92 Å². The standard InChI is InChI=1S/C6H14O3.C5H12O2/c1-5(8)4-9-6(2)3-7;1-2-3-5(7)4-6/h5-8H,3-4H2,1-2H3;5-7H,2-4H2,1H3. The van der Waals surface area contributed by atoms with Crippen LogP contribution in [0.5, 0.6) is 0 Å². The van der Waals surface area contributed by atoms with Crippen LogP contribution in [0.1, 0.15) is 33.6 Å². The summed E-state index contributed by atoms with van der Waals surface area (Å²) in [7, 11) is 0. The predicted octanol–water partition coefficient (Wildman–Crippen LogP) is -0.0957. The Bertz CT molecular complexity index is 130. The summed E-state index contributed by atoms with van der Waals surface area (Å²) in [5.74, 6) is 0. The zero-order valence-corrected chi connectivity index (χ0v) is 10.5. The summed E-state index contributed by atoms with van der Waals surface area (Å²) in [5.41, 5.74) is 0. The number of aliphatic hydroxyl groups is 4. The first-order valence-corrected chi connectivity index (χ1v) is 5.67. The summed E-state index contributed by atoms with van der Waals surface area (Å²) in [5, 5.41) is 34.0. The third kappa shape index (κ3) is 16.2. The molecular weight excluding hydrogens is 212 g/mol. The van der Waals surface area contributed by atoms with Crippen LogP contribution in [0.4, 0.5) is 0 Å². The van der Waals surface area contributed by atoms with Gasteiger partial charge in [-0.3, -0.25) is 0 Å². The molecule has 5 heteroatoms. The van der Waals surface area contributed by atoms with Gasteiger partial charge in [-0.2, -0.15) is 0 Å². The van der Waals surface area contributed by atoms with Gasteiger partial charge in [0.1, 0.15) is 0 Å². The molecular formula is C11H26O5. The zero-order chi connectivity index (χ0) is 13.0. The van der Waals surface area contributed by atoms with Crippen LogP contribution >= 0.6 is 0 Å². The molecule has 3 atom stereocenters. The molecule has 0 radical (unpaired) electrons. The maximum absolute atomic E-state index is 8.69. The average molecular weight is 238 g/mol. The maximum atomic E-state index is 8.69. The first-order chi connectivity index (χ1) is 7.47. The lowest BCUT2D eigenvalue weighted by atomic mass is 10.2. The van der Waals surface area contributed by atoms with Gasteiger partial charge in [-0.25, -0.2) is 0 Å². The monoisotopic (exact) mass is 238 g/mol. The van der Waals surface area contributed by atoms with Gasteiger partial charge in [0.05, 0.1) is 38.1 Å². The second-order valence-electron chi connectivity index (χ2n) is 3.80. The molecule has 0 aromatic rings. The Morgan fingerprint density at radius 2 is 1.62 bits per heavy atom. The molecule has 0 aromatic heterocycles. The number of hydrogen-bond acceptors (Lipinski definition) is 5. The van der Waals surface area contributed by atoms with E-state index in [9.17, 15) is 0 Å². The molecule has 0 spiro atoms. The highest BCUT2D eigenvalue weighted by molar-refractivity contribution is 4.48. The topological polar surface area (TPSA) is 90.2 Å². The molecule has 100 valence electrons. The summed E-state index contributed by atoms with van der Waals surface area (Å²) in [6.07, 6.45) is 0.529. The molecule has 16 heavy (non-hydrogen) atoms. The van der Waals surface area contributed by atoms with E-state index in [1.54, 1.807) is 13.8 Å². The van der Waals surface area contributed by atoms with E-state index in [1.165, 1.54) is 0 Å². The van der Waals surface area contributed by atoms with Gasteiger partial charge in [0.2, 0.25) is 0 Å². The van der Waals surface area contributed by atoms with Gasteiger partial charge in [0.15, 0.2) is 0 Å². The molecule has 0 aliphatic heterocycles. The van der Waals surface area contributed by atoms with Crippen molar-refractivity contribution in [2.45, 2.75) is 51.9 Å². The van der Waals surface area contributed by atoms with Crippen molar-refractivity contribution in [2.24, 2.45) is 0 Å². The number of ether oxygens (including phenoxy) is 1. The average Bonchev–Trinajstić information content (AvgIpc) is 2.26. The molecule has 0 amide bonds. The third-order valence-corrected chi connectivity index (χ3v) is 1.71. The third-order valence-electron chi connectivity index (χ3n) is 1.71. The quantitative estimate of drug-likeness (QED) is 0.497. The Morgan fingerprint density at radius 3 is 1.88 bits per heavy atom. The van der Waals surface area contributed by atoms with Crippen molar-refractivity contribution in [3.8, 4) is 0 Å². The summed E-state index contributed by atoms with van der Waals surface area (Å²) in [6, 6.07) is 0. The minimum Gasteiger partial charge on any atom is -0.394 e. The van der Waals surface area contributed by atoms with E-state index in [0.717, 1.165) is 6.42 Å². The number of rotatable bonds is 7. The van der Waals surface area contributed by atoms with Gasteiger partial charge in [-0.1, -0.05) is 13.3 Å². The lowest BCUT2D eigenvalue weighted by molar-refractivity contribution is -0.0177. The molecule has 0 aliphatic rings. The van der Waals surface area contributed by atoms with Crippen molar-refractivity contribution in [3.63, 3.8) is 0 Å². The Labute approximate surface area is 97.7 Å². The highest BCUT2D eigenvalue weighted by atomic mass is 16.5. The van der Waals surface area contributed by atoms with E-state index < -0.39 is 12.2 Å². The van der Waals surface area contributed by atoms with Gasteiger partial charge < -0.3 is 25.2 Å². The summed E-state index contributed by atoms with van der Waals surface area (Å²) in [6.45, 7) is 5.56. The molecule has 0 saturated heterocycles. The fourth-order valence-electron chi connectivity index (χ4n) is 0.781. The second-order valence-corrected chi connectivity index (χ2v) is 3.80. The first-order valence-electron chi connectivity index (χ1n) is 5.67. The molecule has 0 saturated carbocycles. The van der Waals surface area contributed by atoms with Crippen LogP contribution in [0.15, 0.2) is 0 Å². The van der Waals surface area contributed by atoms with Crippen LogP contribution in [0.2, 0.25) is 0 Å². The van der Waals surface area contributed by atoms with E-state index in [0.29, 0.717) is 13.0 Å². The molecule has 0 rings (SSSR count). The lowest BCUT2D eigenvalue weighted by Crippen LogP contribution is -2.19. The van der Waals surface area contributed by atoms with Crippen LogP contribution in [0.3, 0.4) is 0 Å². The highest BCUT2D eigenvalue weighted by Crippen LogP contribution is 1.92. The van der Waals surface area contributed by atoms with E-state index in [4.69, 9.17) is 25.2 Å². The van der Waals surface area contributed by atoms with E-state index in [-0.39, 0.29) is 19.3 Å². The van der Waals surface area contributed by atoms with Crippen molar-refractivity contribution in [3.05, 3.63) is 0 Å². The molecule has 0 fully saturated rings. The van der Waals surface area contributed by atoms with Crippen LogP contribution in [0, 0.1) is 0 Å². The maximum Gasteiger partial charge on any atom is 0.0779 e. The molecule has 0 aromatic carbocycles. The van der Waals surface area contributed by atoms with Crippen molar-refractivity contribution < 1.29 is 25.2 Å². The fraction of sp³-hybridized carbons (Fsp3) is 1.00. The molecule has 3 unspecified atom stereocenters. The van der Waals surface area contributed by atoms with Crippen LogP contribution in [-0.2, 0) is 4.74 Å². The van der Waals surface area contributed by atoms with Crippen molar-refractivity contribution in [1.29, 1.82) is 0 Å². The summed E-state index contributed by atoms with van der Waals surface area (Å²) >= 11 is 0. The van der Waals surface area contributed by atoms with Crippen LogP contribution in [0.25, 0.3) is 0 Å². The van der Waals surface area contributed by atoms with Gasteiger partial charge in [-0.05, 0) is 20.3 Å². The van der Waals surface area contributed by atoms with Gasteiger partial charge >= 0.3 is 0 Å². The normalized spacial score (nSPS) is 15.9. The minimum absolute atomic E-state index is 0.00667. The second kappa shape index (κ2) is 12.9. The predicted molar refractivity (Wildman–Crippen MR) is 62.2 cm³/mol. The summed E-state index contributed by atoms with van der Waals surface area (Å²) < 4.78 is 4.95. The van der Waals surface area contributed by atoms with Crippen LogP contribution < -0.4 is 0 Å². The summed E-state index contributed by atoms with van der Waals surface area (Å²) in [4.78, 5) is 0. The SMILES string of the molecule is CC(O)COC(C)CO.CCCC(O)CO. The van der Waals surface area contributed by atoms with E-state index >= 15 is 0 Å². The van der Waals surface area contributed by atoms with Crippen molar-refractivity contribution in [2.75, 3.05) is 19.8 Å². The fourth-order valence-corrected chi connectivity index (χ4v) is 0.781. The van der Waals surface area contributed by atoms with Gasteiger partial charge in [-0.15, -0.1) is 0 Å². The molecule has 0 heterocycles. The number of hydrogen-bond donors (Lipinski definition) is 4. The number of aliphatic hydroxyl groups excluding tert-OH is 4. The Hall–Kier alpha value is -0.200. The first kappa shape index (κ1) is 18.2. The Kier molecular flexibility index (Phi) is 14.6. The molecule has 0 aliphatic carbocycles. The Morgan fingerprint density at radius 1 is 1.06 bits per heavy atom. The van der Waals surface area contributed by atoms with Crippen molar-refractivity contribution in [1.82, 2.24) is 0 Å². The van der Waals surface area contributed by atoms with Gasteiger partial charge in [0.25, 0.3) is 0 Å². The zero-order valence-electron chi connectivity index (χ0n) is 10.5. The van der Waals surface area contributed by atoms with Crippen LogP contribution in [-0.4, -0.2) is 58.6 Å². The van der Waals surface area contributed by atoms with Gasteiger partial charge in [0, 0.05) is 0 Å². The van der Waals surface area contributed by atoms with Crippen molar-refractivity contribution >= 4 is 0 Å². The lowest BCUT2D eigenvalue weighted by Gasteiger charge is -2.10. The minimum atomic E-state index is -0.495. The van der Waals surface area contributed by atoms with E-state index in [2.05, 4.69) is 0 Å². The Balaban J connectivity index is 0.